The highest BCUT2D eigenvalue weighted by atomic mass is 16.1. The molecule has 6 nitrogen and oxygen atoms in total. The first-order valence-electron chi connectivity index (χ1n) is 10.4. The largest absolute Gasteiger partial charge is 0.333 e. The number of benzene rings is 2. The Bertz CT molecular complexity index is 1350. The maximum absolute atomic E-state index is 13.2. The maximum atomic E-state index is 13.2. The van der Waals surface area contributed by atoms with E-state index in [4.69, 9.17) is 0 Å². The SMILES string of the molecule is Cc1cccc(NC(=O)CCc2c(C)n(C)c3cc(-c4ccccc4C)nn3c2=O)c1. The first-order valence-corrected chi connectivity index (χ1v) is 10.4. The highest BCUT2D eigenvalue weighted by molar-refractivity contribution is 5.90. The number of hydrogen-bond donors (Lipinski definition) is 1. The second-order valence-corrected chi connectivity index (χ2v) is 7.96. The molecule has 0 radical (unpaired) electrons. The molecule has 31 heavy (non-hydrogen) atoms. The summed E-state index contributed by atoms with van der Waals surface area (Å²) in [5, 5.41) is 7.50. The zero-order valence-electron chi connectivity index (χ0n) is 18.3. The number of aromatic nitrogens is 3. The summed E-state index contributed by atoms with van der Waals surface area (Å²) in [4.78, 5) is 25.7. The predicted octanol–water partition coefficient (Wildman–Crippen LogP) is 4.20. The highest BCUT2D eigenvalue weighted by Crippen LogP contribution is 2.23. The van der Waals surface area contributed by atoms with E-state index in [9.17, 15) is 9.59 Å². The van der Waals surface area contributed by atoms with Crippen LogP contribution in [0.2, 0.25) is 0 Å². The van der Waals surface area contributed by atoms with Crippen molar-refractivity contribution in [2.45, 2.75) is 33.6 Å². The van der Waals surface area contributed by atoms with Crippen molar-refractivity contribution in [2.24, 2.45) is 7.05 Å². The molecule has 0 bridgehead atoms. The van der Waals surface area contributed by atoms with E-state index in [2.05, 4.69) is 10.4 Å². The van der Waals surface area contributed by atoms with Gasteiger partial charge in [0.1, 0.15) is 5.65 Å². The van der Waals surface area contributed by atoms with Crippen molar-refractivity contribution < 1.29 is 4.79 Å². The lowest BCUT2D eigenvalue weighted by Gasteiger charge is -2.12. The Morgan fingerprint density at radius 2 is 1.81 bits per heavy atom. The van der Waals surface area contributed by atoms with E-state index in [1.807, 2.05) is 87.0 Å². The number of fused-ring (bicyclic) bond motifs is 1. The summed E-state index contributed by atoms with van der Waals surface area (Å²) in [6.45, 7) is 5.92. The predicted molar refractivity (Wildman–Crippen MR) is 123 cm³/mol. The van der Waals surface area contributed by atoms with Crippen LogP contribution in [0, 0.1) is 20.8 Å². The Morgan fingerprint density at radius 3 is 2.55 bits per heavy atom. The van der Waals surface area contributed by atoms with Crippen LogP contribution in [-0.4, -0.2) is 20.1 Å². The Labute approximate surface area is 181 Å². The number of amides is 1. The van der Waals surface area contributed by atoms with Gasteiger partial charge >= 0.3 is 0 Å². The van der Waals surface area contributed by atoms with Crippen LogP contribution in [0.5, 0.6) is 0 Å². The minimum atomic E-state index is -0.172. The minimum Gasteiger partial charge on any atom is -0.333 e. The molecule has 2 aromatic heterocycles. The van der Waals surface area contributed by atoms with Crippen molar-refractivity contribution in [2.75, 3.05) is 5.32 Å². The fourth-order valence-corrected chi connectivity index (χ4v) is 3.88. The summed E-state index contributed by atoms with van der Waals surface area (Å²) in [6, 6.07) is 17.6. The molecule has 4 rings (SSSR count). The molecule has 4 aromatic rings. The number of nitrogens with zero attached hydrogens (tertiary/aromatic N) is 3. The quantitative estimate of drug-likeness (QED) is 0.532. The monoisotopic (exact) mass is 414 g/mol. The summed E-state index contributed by atoms with van der Waals surface area (Å²) < 4.78 is 3.41. The summed E-state index contributed by atoms with van der Waals surface area (Å²) in [5.41, 5.74) is 6.72. The van der Waals surface area contributed by atoms with Gasteiger partial charge in [-0.1, -0.05) is 36.4 Å². The third kappa shape index (κ3) is 4.01. The molecular formula is C25H26N4O2. The van der Waals surface area contributed by atoms with E-state index in [1.165, 1.54) is 4.52 Å². The fraction of sp³-hybridized carbons (Fsp3) is 0.240. The van der Waals surface area contributed by atoms with E-state index in [1.54, 1.807) is 0 Å². The number of carbonyl (C=O) groups is 1. The van der Waals surface area contributed by atoms with Crippen molar-refractivity contribution in [1.29, 1.82) is 0 Å². The van der Waals surface area contributed by atoms with Crippen molar-refractivity contribution in [1.82, 2.24) is 14.2 Å². The fourth-order valence-electron chi connectivity index (χ4n) is 3.88. The third-order valence-corrected chi connectivity index (χ3v) is 5.75. The van der Waals surface area contributed by atoms with Gasteiger partial charge in [0, 0.05) is 42.0 Å². The van der Waals surface area contributed by atoms with Crippen LogP contribution < -0.4 is 10.9 Å². The van der Waals surface area contributed by atoms with Crippen molar-refractivity contribution in [3.63, 3.8) is 0 Å². The van der Waals surface area contributed by atoms with Crippen molar-refractivity contribution in [3.8, 4) is 11.3 Å². The van der Waals surface area contributed by atoms with E-state index in [0.29, 0.717) is 12.0 Å². The second-order valence-electron chi connectivity index (χ2n) is 7.96. The number of rotatable bonds is 5. The van der Waals surface area contributed by atoms with Gasteiger partial charge in [0.15, 0.2) is 0 Å². The lowest BCUT2D eigenvalue weighted by Crippen LogP contribution is -2.26. The van der Waals surface area contributed by atoms with Gasteiger partial charge in [-0.2, -0.15) is 9.61 Å². The molecule has 0 spiro atoms. The Kier molecular flexibility index (Phi) is 5.46. The van der Waals surface area contributed by atoms with Gasteiger partial charge in [0.05, 0.1) is 5.69 Å². The van der Waals surface area contributed by atoms with Crippen LogP contribution in [0.3, 0.4) is 0 Å². The van der Waals surface area contributed by atoms with Crippen LogP contribution in [0.25, 0.3) is 16.9 Å². The topological polar surface area (TPSA) is 68.4 Å². The van der Waals surface area contributed by atoms with Gasteiger partial charge in [-0.15, -0.1) is 0 Å². The molecule has 0 unspecified atom stereocenters. The smallest absolute Gasteiger partial charge is 0.277 e. The normalized spacial score (nSPS) is 11.1. The number of anilines is 1. The molecule has 1 N–H and O–H groups in total. The minimum absolute atomic E-state index is 0.117. The molecule has 158 valence electrons. The van der Waals surface area contributed by atoms with Crippen LogP contribution >= 0.6 is 0 Å². The zero-order chi connectivity index (χ0) is 22.1. The van der Waals surface area contributed by atoms with Crippen LogP contribution in [-0.2, 0) is 18.3 Å². The molecule has 0 saturated heterocycles. The van der Waals surface area contributed by atoms with E-state index < -0.39 is 0 Å². The Morgan fingerprint density at radius 1 is 1.03 bits per heavy atom. The van der Waals surface area contributed by atoms with Crippen molar-refractivity contribution in [3.05, 3.63) is 87.3 Å². The summed E-state index contributed by atoms with van der Waals surface area (Å²) >= 11 is 0. The first-order chi connectivity index (χ1) is 14.8. The molecule has 0 fully saturated rings. The first kappa shape index (κ1) is 20.6. The van der Waals surface area contributed by atoms with Crippen LogP contribution in [0.15, 0.2) is 59.4 Å². The lowest BCUT2D eigenvalue weighted by molar-refractivity contribution is -0.116. The highest BCUT2D eigenvalue weighted by Gasteiger charge is 2.17. The molecule has 0 aliphatic carbocycles. The molecule has 2 heterocycles. The third-order valence-electron chi connectivity index (χ3n) is 5.75. The molecule has 6 heteroatoms. The second kappa shape index (κ2) is 8.22. The number of hydrogen-bond acceptors (Lipinski definition) is 3. The standard InChI is InChI=1S/C25H26N4O2/c1-16-8-7-10-19(14-16)26-23(30)13-12-21-18(3)28(4)24-15-22(27-29(24)25(21)31)20-11-6-5-9-17(20)2/h5-11,14-15H,12-13H2,1-4H3,(H,26,30). The van der Waals surface area contributed by atoms with Crippen LogP contribution in [0.1, 0.15) is 28.8 Å². The van der Waals surface area contributed by atoms with Gasteiger partial charge < -0.3 is 9.88 Å². The van der Waals surface area contributed by atoms with Crippen LogP contribution in [0.4, 0.5) is 5.69 Å². The van der Waals surface area contributed by atoms with E-state index >= 15 is 0 Å². The van der Waals surface area contributed by atoms with Gasteiger partial charge in [-0.3, -0.25) is 9.59 Å². The van der Waals surface area contributed by atoms with Crippen molar-refractivity contribution >= 4 is 17.2 Å². The van der Waals surface area contributed by atoms with E-state index in [0.717, 1.165) is 39.4 Å². The summed E-state index contributed by atoms with van der Waals surface area (Å²) in [6.07, 6.45) is 0.576. The number of nitrogens with one attached hydrogen (secondary N) is 1. The van der Waals surface area contributed by atoms with Gasteiger partial charge in [-0.05, 0) is 50.5 Å². The average Bonchev–Trinajstić information content (AvgIpc) is 3.18. The summed E-state index contributed by atoms with van der Waals surface area (Å²) in [5.74, 6) is -0.117. The van der Waals surface area contributed by atoms with Gasteiger partial charge in [-0.25, -0.2) is 0 Å². The summed E-state index contributed by atoms with van der Waals surface area (Å²) in [7, 11) is 1.92. The lowest BCUT2D eigenvalue weighted by atomic mass is 10.1. The molecule has 0 aliphatic heterocycles. The Hall–Kier alpha value is -3.67. The number of aryl methyl sites for hydroxylation is 3. The van der Waals surface area contributed by atoms with E-state index in [-0.39, 0.29) is 17.9 Å². The Balaban J connectivity index is 1.63. The average molecular weight is 415 g/mol. The number of carbonyl (C=O) groups excluding carboxylic acids is 1. The molecule has 0 aliphatic rings. The maximum Gasteiger partial charge on any atom is 0.277 e. The van der Waals surface area contributed by atoms with Gasteiger partial charge in [0.25, 0.3) is 5.56 Å². The molecule has 0 atom stereocenters. The molecule has 0 saturated carbocycles. The molecular weight excluding hydrogens is 388 g/mol. The molecule has 2 aromatic carbocycles. The van der Waals surface area contributed by atoms with Gasteiger partial charge in [0.2, 0.25) is 5.91 Å². The zero-order valence-corrected chi connectivity index (χ0v) is 18.3. The molecule has 1 amide bonds.